The van der Waals surface area contributed by atoms with Crippen LogP contribution in [0.4, 0.5) is 0 Å². The summed E-state index contributed by atoms with van der Waals surface area (Å²) in [6.07, 6.45) is 2.60. The van der Waals surface area contributed by atoms with Crippen LogP contribution in [0.1, 0.15) is 54.8 Å². The molecule has 1 aromatic rings. The largest absolute Gasteiger partial charge is 0.480 e. The Balaban J connectivity index is 2.31. The Morgan fingerprint density at radius 1 is 1.42 bits per heavy atom. The van der Waals surface area contributed by atoms with Crippen LogP contribution in [0, 0.1) is 12.8 Å². The summed E-state index contributed by atoms with van der Waals surface area (Å²) in [5.41, 5.74) is 1.14. The maximum Gasteiger partial charge on any atom is 0.285 e. The van der Waals surface area contributed by atoms with Gasteiger partial charge in [-0.2, -0.15) is 0 Å². The number of rotatable bonds is 0. The van der Waals surface area contributed by atoms with Crippen LogP contribution in [0.2, 0.25) is 0 Å². The van der Waals surface area contributed by atoms with Crippen LogP contribution < -0.4 is 0 Å². The first-order valence-corrected chi connectivity index (χ1v) is 6.69. The third-order valence-corrected chi connectivity index (χ3v) is 4.50. The number of ketones is 1. The van der Waals surface area contributed by atoms with E-state index in [0.29, 0.717) is 23.1 Å². The van der Waals surface area contributed by atoms with E-state index in [9.17, 15) is 15.0 Å². The minimum Gasteiger partial charge on any atom is -0.480 e. The zero-order valence-corrected chi connectivity index (χ0v) is 11.4. The number of hydrogen-bond donors (Lipinski definition) is 2. The first kappa shape index (κ1) is 12.5. The molecule has 2 atom stereocenters. The number of aliphatic hydroxyl groups is 1. The summed E-state index contributed by atoms with van der Waals surface area (Å²) in [6, 6.07) is 0. The summed E-state index contributed by atoms with van der Waals surface area (Å²) in [5, 5.41) is 20.6. The van der Waals surface area contributed by atoms with E-state index in [-0.39, 0.29) is 23.4 Å². The van der Waals surface area contributed by atoms with Crippen LogP contribution in [-0.2, 0) is 5.60 Å². The number of fused-ring (bicyclic) bond motifs is 1. The molecule has 3 rings (SSSR count). The number of carbonyl (C=O) groups is 1. The molecule has 0 radical (unpaired) electrons. The van der Waals surface area contributed by atoms with Gasteiger partial charge in [-0.05, 0) is 44.6 Å². The third-order valence-electron chi connectivity index (χ3n) is 4.50. The molecule has 102 valence electrons. The van der Waals surface area contributed by atoms with Crippen molar-refractivity contribution in [3.63, 3.8) is 0 Å². The molecule has 4 nitrogen and oxygen atoms in total. The second-order valence-electron chi connectivity index (χ2n) is 5.82. The molecule has 0 fully saturated rings. The molecule has 0 bridgehead atoms. The van der Waals surface area contributed by atoms with Crippen molar-refractivity contribution in [3.8, 4) is 5.95 Å². The first-order valence-electron chi connectivity index (χ1n) is 6.69. The highest BCUT2D eigenvalue weighted by molar-refractivity contribution is 6.10. The molecule has 2 aliphatic carbocycles. The number of furan rings is 1. The lowest BCUT2D eigenvalue weighted by Crippen LogP contribution is -2.37. The van der Waals surface area contributed by atoms with Gasteiger partial charge in [-0.15, -0.1) is 0 Å². The van der Waals surface area contributed by atoms with Crippen molar-refractivity contribution < 1.29 is 19.4 Å². The van der Waals surface area contributed by atoms with Gasteiger partial charge in [0.2, 0.25) is 5.78 Å². The molecule has 0 unspecified atom stereocenters. The van der Waals surface area contributed by atoms with Gasteiger partial charge >= 0.3 is 0 Å². The summed E-state index contributed by atoms with van der Waals surface area (Å²) < 4.78 is 5.18. The molecule has 2 aliphatic rings. The van der Waals surface area contributed by atoms with Gasteiger partial charge in [0.25, 0.3) is 5.95 Å². The smallest absolute Gasteiger partial charge is 0.285 e. The normalized spacial score (nSPS) is 30.3. The monoisotopic (exact) mass is 262 g/mol. The molecule has 0 saturated heterocycles. The summed E-state index contributed by atoms with van der Waals surface area (Å²) in [6.45, 7) is 5.40. The Kier molecular flexibility index (Phi) is 2.45. The van der Waals surface area contributed by atoms with E-state index in [1.165, 1.54) is 0 Å². The van der Waals surface area contributed by atoms with E-state index in [0.717, 1.165) is 18.4 Å². The Labute approximate surface area is 111 Å². The molecular formula is C15H18O4. The lowest BCUT2D eigenvalue weighted by Gasteiger charge is -2.38. The average Bonchev–Trinajstić information content (AvgIpc) is 2.64. The number of allylic oxidation sites excluding steroid dienone is 1. The molecule has 0 aliphatic heterocycles. The van der Waals surface area contributed by atoms with Crippen molar-refractivity contribution >= 4 is 5.78 Å². The molecule has 2 N–H and O–H groups in total. The van der Waals surface area contributed by atoms with Gasteiger partial charge < -0.3 is 14.6 Å². The Morgan fingerprint density at radius 3 is 2.79 bits per heavy atom. The third kappa shape index (κ3) is 1.46. The molecule has 0 aromatic carbocycles. The van der Waals surface area contributed by atoms with Gasteiger partial charge in [-0.1, -0.05) is 6.92 Å². The number of aromatic hydroxyl groups is 1. The number of Topliss-reactive ketones (excluding diaryl/α,β-unsaturated/α-hetero) is 1. The van der Waals surface area contributed by atoms with E-state index in [1.807, 2.05) is 6.92 Å². The fourth-order valence-corrected chi connectivity index (χ4v) is 3.69. The van der Waals surface area contributed by atoms with E-state index < -0.39 is 5.60 Å². The Morgan fingerprint density at radius 2 is 2.11 bits per heavy atom. The molecule has 1 aromatic heterocycles. The quantitative estimate of drug-likeness (QED) is 0.754. The van der Waals surface area contributed by atoms with Crippen LogP contribution in [0.15, 0.2) is 15.6 Å². The van der Waals surface area contributed by atoms with Gasteiger partial charge in [0.1, 0.15) is 5.60 Å². The van der Waals surface area contributed by atoms with E-state index in [2.05, 4.69) is 0 Å². The Hall–Kier alpha value is -1.55. The van der Waals surface area contributed by atoms with Crippen LogP contribution in [0.3, 0.4) is 0 Å². The number of hydrogen-bond acceptors (Lipinski definition) is 4. The van der Waals surface area contributed by atoms with Crippen LogP contribution in [0.25, 0.3) is 0 Å². The fourth-order valence-electron chi connectivity index (χ4n) is 3.69. The molecule has 0 spiro atoms. The van der Waals surface area contributed by atoms with Crippen molar-refractivity contribution in [2.24, 2.45) is 5.92 Å². The lowest BCUT2D eigenvalue weighted by molar-refractivity contribution is 0.0683. The van der Waals surface area contributed by atoms with Crippen molar-refractivity contribution in [1.29, 1.82) is 0 Å². The van der Waals surface area contributed by atoms with E-state index in [1.54, 1.807) is 13.8 Å². The average molecular weight is 262 g/mol. The summed E-state index contributed by atoms with van der Waals surface area (Å²) in [4.78, 5) is 12.5. The van der Waals surface area contributed by atoms with Crippen LogP contribution >= 0.6 is 0 Å². The van der Waals surface area contributed by atoms with Gasteiger partial charge in [0.05, 0.1) is 0 Å². The highest BCUT2D eigenvalue weighted by Crippen LogP contribution is 2.50. The van der Waals surface area contributed by atoms with Crippen molar-refractivity contribution in [1.82, 2.24) is 0 Å². The lowest BCUT2D eigenvalue weighted by atomic mass is 9.67. The fraction of sp³-hybridized carbons (Fsp3) is 0.533. The zero-order valence-electron chi connectivity index (χ0n) is 11.4. The molecular weight excluding hydrogens is 244 g/mol. The molecule has 0 saturated carbocycles. The van der Waals surface area contributed by atoms with Gasteiger partial charge in [-0.25, -0.2) is 0 Å². The minimum atomic E-state index is -1.23. The SMILES string of the molecule is Cc1c(O)oc2c1[C@@](C)(O)C1=C(CCC[C@@H]1C)C2=O. The van der Waals surface area contributed by atoms with Gasteiger partial charge in [0.15, 0.2) is 5.76 Å². The summed E-state index contributed by atoms with van der Waals surface area (Å²) >= 11 is 0. The van der Waals surface area contributed by atoms with Gasteiger partial charge in [-0.3, -0.25) is 4.79 Å². The number of carbonyl (C=O) groups excluding carboxylic acids is 1. The van der Waals surface area contributed by atoms with Crippen molar-refractivity contribution in [2.45, 2.75) is 45.6 Å². The summed E-state index contributed by atoms with van der Waals surface area (Å²) in [5.74, 6) is -0.169. The molecule has 0 amide bonds. The van der Waals surface area contributed by atoms with Gasteiger partial charge in [0, 0.05) is 16.7 Å². The highest BCUT2D eigenvalue weighted by Gasteiger charge is 2.47. The second-order valence-corrected chi connectivity index (χ2v) is 5.82. The summed E-state index contributed by atoms with van der Waals surface area (Å²) in [7, 11) is 0. The predicted octanol–water partition coefficient (Wildman–Crippen LogP) is 2.81. The maximum atomic E-state index is 12.5. The molecule has 1 heterocycles. The Bertz CT molecular complexity index is 604. The van der Waals surface area contributed by atoms with E-state index >= 15 is 0 Å². The predicted molar refractivity (Wildman–Crippen MR) is 69.1 cm³/mol. The zero-order chi connectivity index (χ0) is 13.9. The molecule has 4 heteroatoms. The van der Waals surface area contributed by atoms with Crippen LogP contribution in [-0.4, -0.2) is 16.0 Å². The van der Waals surface area contributed by atoms with Crippen molar-refractivity contribution in [3.05, 3.63) is 28.0 Å². The van der Waals surface area contributed by atoms with E-state index in [4.69, 9.17) is 4.42 Å². The second kappa shape index (κ2) is 3.73. The minimum absolute atomic E-state index is 0.104. The maximum absolute atomic E-state index is 12.5. The van der Waals surface area contributed by atoms with Crippen LogP contribution in [0.5, 0.6) is 5.95 Å². The highest BCUT2D eigenvalue weighted by atomic mass is 16.5. The molecule has 19 heavy (non-hydrogen) atoms. The standard InChI is InChI=1S/C15H18O4/c1-7-5-4-6-9-10(7)15(3,18)11-8(2)14(17)19-13(11)12(9)16/h7,17-18H,4-6H2,1-3H3/t7-,15-/m0/s1. The topological polar surface area (TPSA) is 70.7 Å². The van der Waals surface area contributed by atoms with Crippen molar-refractivity contribution in [2.75, 3.05) is 0 Å². The first-order chi connectivity index (χ1) is 8.85.